The van der Waals surface area contributed by atoms with Crippen molar-refractivity contribution in [1.29, 1.82) is 0 Å². The highest BCUT2D eigenvalue weighted by Gasteiger charge is 2.80. The minimum absolute atomic E-state index is 0.0863. The lowest BCUT2D eigenvalue weighted by molar-refractivity contribution is -0.346. The molecule has 6 N–H and O–H groups in total. The van der Waals surface area contributed by atoms with Crippen LogP contribution in [0.5, 0.6) is 0 Å². The molecule has 8 aliphatic rings. The summed E-state index contributed by atoms with van der Waals surface area (Å²) in [5.41, 5.74) is -12.2. The topological polar surface area (TPSA) is 332 Å². The van der Waals surface area contributed by atoms with Gasteiger partial charge in [0.05, 0.1) is 61.3 Å². The molecule has 4 bridgehead atoms. The van der Waals surface area contributed by atoms with Crippen LogP contribution in [0, 0.1) is 39.4 Å². The summed E-state index contributed by atoms with van der Waals surface area (Å²) in [4.78, 5) is 93.4. The van der Waals surface area contributed by atoms with Crippen LogP contribution in [-0.2, 0) is 57.1 Å². The first kappa shape index (κ1) is 58.1. The second kappa shape index (κ2) is 19.3. The molecule has 0 aromatic carbocycles. The van der Waals surface area contributed by atoms with Gasteiger partial charge in [-0.15, -0.1) is 0 Å². The quantitative estimate of drug-likeness (QED) is 0.132. The van der Waals surface area contributed by atoms with E-state index in [9.17, 15) is 64.2 Å². The van der Waals surface area contributed by atoms with E-state index < -0.39 is 158 Å². The number of ether oxygens (including phenoxy) is 7. The van der Waals surface area contributed by atoms with E-state index in [-0.39, 0.29) is 55.1 Å². The average molecular weight is 1110 g/mol. The van der Waals surface area contributed by atoms with Gasteiger partial charge in [0.2, 0.25) is 11.5 Å². The number of furan rings is 2. The summed E-state index contributed by atoms with van der Waals surface area (Å²) in [6.07, 6.45) is -9.64. The summed E-state index contributed by atoms with van der Waals surface area (Å²) in [7, 11) is 0. The molecular formula is C57H72O22. The average Bonchev–Trinajstić information content (AvgIpc) is 2.31. The van der Waals surface area contributed by atoms with E-state index in [2.05, 4.69) is 0 Å². The number of aliphatic hydroxyl groups excluding tert-OH is 4. The van der Waals surface area contributed by atoms with Crippen LogP contribution in [0.3, 0.4) is 0 Å². The SMILES string of the molecule is CC(=O)O[C@@]12CO[C@@H]1C[C@H](O)[C@@]1(C)C(=O)[C@H](O)C3=C(C)[C@@H](O)C[C@@](O)([C@@H](OC(=O)c4ccco4)[C@H]21)C3(C)C.CC(=O)O[C@H]1C(=O)[C@@]2(C)[C@H]([C@H](OC(=O)c3ccco3)[C@]3(O)C[C@H](O)C(C)=C1C3(C)C)[C@]1(OC(C)=O)CO[C@@H]1C[C@@H]2C. The van der Waals surface area contributed by atoms with Gasteiger partial charge in [0.25, 0.3) is 0 Å². The number of ketones is 2. The minimum atomic E-state index is -2.10. The van der Waals surface area contributed by atoms with Crippen LogP contribution in [-0.4, -0.2) is 163 Å². The molecule has 6 fully saturated rings. The summed E-state index contributed by atoms with van der Waals surface area (Å²) < 4.78 is 51.8. The van der Waals surface area contributed by atoms with Crippen molar-refractivity contribution in [3.63, 3.8) is 0 Å². The molecule has 4 saturated carbocycles. The Morgan fingerprint density at radius 2 is 1.03 bits per heavy atom. The Morgan fingerprint density at radius 3 is 1.43 bits per heavy atom. The van der Waals surface area contributed by atoms with Crippen LogP contribution < -0.4 is 0 Å². The predicted octanol–water partition coefficient (Wildman–Crippen LogP) is 3.20. The third-order valence-corrected chi connectivity index (χ3v) is 20.0. The highest BCUT2D eigenvalue weighted by atomic mass is 16.6. The van der Waals surface area contributed by atoms with Crippen molar-refractivity contribution in [3.05, 3.63) is 70.6 Å². The standard InChI is InChI=1S/C30H38O11.C27H34O11/c1-14-11-20-29(13-38-20,41-17(4)32)23-25(40-26(35)19-9-8-10-37-19)30(36)12-18(33)15(2)21(27(30,5)6)22(39-16(3)31)24(34)28(14,23)7;1-12-14(29)10-27(34)22(37-23(33)15-7-6-8-35-15)20-25(5,21(32)19(31)18(12)24(27,3)4)16(30)9-17-26(20,11-36-17)38-13(2)28/h8-10,14,18,20,22-23,25,33,36H,11-13H2,1-7H3;6-8,14,16-17,19-20,22,29-31,34H,9-11H2,1-5H3/t14-,18-,20+,22+,23-,25-,28+,29-,30+;14-,16-,17+,19+,20-,22-,25+,26-,27+/m00/s1. The summed E-state index contributed by atoms with van der Waals surface area (Å²) in [5.74, 6) is -8.48. The largest absolute Gasteiger partial charge is 0.457 e. The molecule has 0 unspecified atom stereocenters. The molecule has 18 atom stereocenters. The second-order valence-electron chi connectivity index (χ2n) is 24.6. The van der Waals surface area contributed by atoms with Crippen molar-refractivity contribution < 1.29 is 106 Å². The molecule has 432 valence electrons. The number of Topliss-reactive ketones (excluding diaryl/α,β-unsaturated/α-hetero) is 2. The van der Waals surface area contributed by atoms with Gasteiger partial charge in [-0.25, -0.2) is 9.59 Å². The van der Waals surface area contributed by atoms with Gasteiger partial charge in [-0.05, 0) is 79.7 Å². The van der Waals surface area contributed by atoms with E-state index in [1.165, 1.54) is 64.5 Å². The van der Waals surface area contributed by atoms with Crippen LogP contribution in [0.25, 0.3) is 0 Å². The summed E-state index contributed by atoms with van der Waals surface area (Å²) in [5, 5.41) is 70.6. The third kappa shape index (κ3) is 8.11. The van der Waals surface area contributed by atoms with E-state index in [0.717, 1.165) is 0 Å². The number of hydrogen-bond donors (Lipinski definition) is 6. The number of carbonyl (C=O) groups is 7. The number of fused-ring (bicyclic) bond motifs is 10. The predicted molar refractivity (Wildman–Crippen MR) is 268 cm³/mol. The van der Waals surface area contributed by atoms with E-state index in [1.54, 1.807) is 48.5 Å². The highest BCUT2D eigenvalue weighted by molar-refractivity contribution is 5.96. The molecule has 0 amide bonds. The van der Waals surface area contributed by atoms with Gasteiger partial charge in [-0.3, -0.25) is 24.0 Å². The van der Waals surface area contributed by atoms with Crippen LogP contribution in [0.1, 0.15) is 130 Å². The third-order valence-electron chi connectivity index (χ3n) is 20.0. The molecular weight excluding hydrogens is 1040 g/mol. The molecule has 2 aliphatic heterocycles. The molecule has 4 heterocycles. The number of rotatable bonds is 7. The van der Waals surface area contributed by atoms with E-state index in [4.69, 9.17) is 42.0 Å². The van der Waals surface area contributed by atoms with Crippen molar-refractivity contribution >= 4 is 41.4 Å². The fourth-order valence-corrected chi connectivity index (χ4v) is 15.5. The molecule has 2 saturated heterocycles. The molecule has 22 nitrogen and oxygen atoms in total. The molecule has 2 aromatic rings. The van der Waals surface area contributed by atoms with Crippen molar-refractivity contribution in [2.24, 2.45) is 39.4 Å². The lowest BCUT2D eigenvalue weighted by Gasteiger charge is -2.68. The Hall–Kier alpha value is -5.59. The Labute approximate surface area is 455 Å². The smallest absolute Gasteiger partial charge is 0.374 e. The Balaban J connectivity index is 0.000000192. The zero-order valence-corrected chi connectivity index (χ0v) is 46.4. The highest BCUT2D eigenvalue weighted by Crippen LogP contribution is 2.67. The van der Waals surface area contributed by atoms with Crippen LogP contribution >= 0.6 is 0 Å². The fraction of sp³-hybridized carbons (Fsp3) is 0.667. The molecule has 0 radical (unpaired) electrons. The number of hydrogen-bond acceptors (Lipinski definition) is 22. The molecule has 2 aromatic heterocycles. The number of aliphatic hydroxyl groups is 6. The van der Waals surface area contributed by atoms with Gasteiger partial charge in [-0.2, -0.15) is 0 Å². The van der Waals surface area contributed by atoms with Gasteiger partial charge in [-0.1, -0.05) is 41.5 Å². The van der Waals surface area contributed by atoms with Gasteiger partial charge >= 0.3 is 29.8 Å². The molecule has 79 heavy (non-hydrogen) atoms. The van der Waals surface area contributed by atoms with Crippen molar-refractivity contribution in [3.8, 4) is 0 Å². The number of esters is 5. The molecule has 6 aliphatic carbocycles. The maximum absolute atomic E-state index is 14.9. The minimum Gasteiger partial charge on any atom is -0.457 e. The van der Waals surface area contributed by atoms with Gasteiger partial charge in [0.15, 0.2) is 28.9 Å². The first-order chi connectivity index (χ1) is 36.6. The van der Waals surface area contributed by atoms with Gasteiger partial charge in [0.1, 0.15) is 41.7 Å². The van der Waals surface area contributed by atoms with Crippen LogP contribution in [0.4, 0.5) is 0 Å². The maximum atomic E-state index is 14.9. The molecule has 22 heteroatoms. The van der Waals surface area contributed by atoms with Crippen molar-refractivity contribution in [2.75, 3.05) is 13.2 Å². The van der Waals surface area contributed by atoms with Crippen molar-refractivity contribution in [1.82, 2.24) is 0 Å². The zero-order chi connectivity index (χ0) is 58.3. The fourth-order valence-electron chi connectivity index (χ4n) is 15.5. The summed E-state index contributed by atoms with van der Waals surface area (Å²) >= 11 is 0. The summed E-state index contributed by atoms with van der Waals surface area (Å²) in [6, 6.07) is 5.77. The zero-order valence-electron chi connectivity index (χ0n) is 46.4. The summed E-state index contributed by atoms with van der Waals surface area (Å²) in [6.45, 7) is 18.0. The Kier molecular flexibility index (Phi) is 14.2. The van der Waals surface area contributed by atoms with Gasteiger partial charge in [0, 0.05) is 56.3 Å². The molecule has 0 spiro atoms. The monoisotopic (exact) mass is 1110 g/mol. The lowest BCUT2D eigenvalue weighted by atomic mass is 9.43. The van der Waals surface area contributed by atoms with Crippen LogP contribution in [0.2, 0.25) is 0 Å². The maximum Gasteiger partial charge on any atom is 0.374 e. The van der Waals surface area contributed by atoms with E-state index in [0.29, 0.717) is 17.6 Å². The van der Waals surface area contributed by atoms with E-state index in [1.807, 2.05) is 6.92 Å². The Morgan fingerprint density at radius 1 is 0.595 bits per heavy atom. The second-order valence-corrected chi connectivity index (χ2v) is 24.6. The van der Waals surface area contributed by atoms with E-state index >= 15 is 0 Å². The first-order valence-electron chi connectivity index (χ1n) is 26.6. The molecule has 10 rings (SSSR count). The van der Waals surface area contributed by atoms with Crippen LogP contribution in [0.15, 0.2) is 67.9 Å². The Bertz CT molecular complexity index is 2900. The normalized spacial score (nSPS) is 42.4. The van der Waals surface area contributed by atoms with Gasteiger partial charge < -0.3 is 72.6 Å². The number of carbonyl (C=O) groups excluding carboxylic acids is 7. The first-order valence-corrected chi connectivity index (χ1v) is 26.6. The lowest BCUT2D eigenvalue weighted by Crippen LogP contribution is -2.81. The van der Waals surface area contributed by atoms with Crippen molar-refractivity contribution in [2.45, 2.75) is 186 Å².